The Kier molecular flexibility index (Phi) is 5.25. The quantitative estimate of drug-likeness (QED) is 0.858. The molecule has 5 nitrogen and oxygen atoms in total. The maximum atomic E-state index is 11.7. The molecule has 2 aromatic rings. The molecule has 1 aromatic carbocycles. The van der Waals surface area contributed by atoms with Crippen molar-refractivity contribution in [3.63, 3.8) is 0 Å². The van der Waals surface area contributed by atoms with Gasteiger partial charge in [-0.2, -0.15) is 0 Å². The summed E-state index contributed by atoms with van der Waals surface area (Å²) in [5.41, 5.74) is 1.88. The molecule has 1 aromatic heterocycles. The molecule has 0 aliphatic carbocycles. The van der Waals surface area contributed by atoms with Crippen LogP contribution >= 0.6 is 17.0 Å². The summed E-state index contributed by atoms with van der Waals surface area (Å²) in [6, 6.07) is 7.76. The molecule has 3 rings (SSSR count). The first-order chi connectivity index (χ1) is 9.78. The number of carbonyl (C=O) groups is 1. The molecule has 0 amide bonds. The summed E-state index contributed by atoms with van der Waals surface area (Å²) < 4.78 is 10.5. The number of anilines is 1. The highest BCUT2D eigenvalue weighted by molar-refractivity contribution is 8.93. The third-order valence-electron chi connectivity index (χ3n) is 3.46. The molecule has 1 aliphatic rings. The Labute approximate surface area is 134 Å². The van der Waals surface area contributed by atoms with Crippen molar-refractivity contribution in [2.75, 3.05) is 37.7 Å². The summed E-state index contributed by atoms with van der Waals surface area (Å²) in [6.45, 7) is 6.11. The fourth-order valence-electron chi connectivity index (χ4n) is 2.45. The Bertz CT molecular complexity index is 620. The largest absolute Gasteiger partial charge is 0.460 e. The minimum Gasteiger partial charge on any atom is -0.460 e. The number of hydrogen-bond acceptors (Lipinski definition) is 5. The molecule has 114 valence electrons. The lowest BCUT2D eigenvalue weighted by molar-refractivity contribution is 0.0492. The van der Waals surface area contributed by atoms with E-state index in [4.69, 9.17) is 9.15 Å². The number of nitrogens with one attached hydrogen (secondary N) is 1. The summed E-state index contributed by atoms with van der Waals surface area (Å²) >= 11 is 0. The summed E-state index contributed by atoms with van der Waals surface area (Å²) in [5.74, 6) is -0.147. The van der Waals surface area contributed by atoms with Crippen LogP contribution in [0, 0.1) is 0 Å². The lowest BCUT2D eigenvalue weighted by Gasteiger charge is -2.29. The minimum atomic E-state index is -0.410. The van der Waals surface area contributed by atoms with Crippen LogP contribution in [0.25, 0.3) is 11.0 Å². The van der Waals surface area contributed by atoms with Crippen LogP contribution in [-0.2, 0) is 4.74 Å². The molecule has 0 atom stereocenters. The Balaban J connectivity index is 0.00000161. The zero-order valence-electron chi connectivity index (χ0n) is 11.9. The van der Waals surface area contributed by atoms with Gasteiger partial charge in [0.25, 0.3) is 0 Å². The van der Waals surface area contributed by atoms with E-state index in [-0.39, 0.29) is 22.7 Å². The predicted octanol–water partition coefficient (Wildman–Crippen LogP) is 2.60. The van der Waals surface area contributed by atoms with E-state index in [9.17, 15) is 4.79 Å². The minimum absolute atomic E-state index is 0. The predicted molar refractivity (Wildman–Crippen MR) is 87.6 cm³/mol. The smallest absolute Gasteiger partial charge is 0.374 e. The van der Waals surface area contributed by atoms with Crippen LogP contribution in [0.5, 0.6) is 0 Å². The standard InChI is InChI=1S/C15H18N2O3.BrH/c1-2-19-15(18)14-10-11-9-12(3-4-13(11)20-14)17-7-5-16-6-8-17;/h3-4,9-10,16H,2,5-8H2,1H3;1H. The second kappa shape index (κ2) is 6.95. The topological polar surface area (TPSA) is 54.7 Å². The van der Waals surface area contributed by atoms with Gasteiger partial charge < -0.3 is 19.4 Å². The average molecular weight is 355 g/mol. The van der Waals surface area contributed by atoms with Crippen molar-refractivity contribution in [3.8, 4) is 0 Å². The zero-order valence-corrected chi connectivity index (χ0v) is 13.6. The number of furan rings is 1. The number of fused-ring (bicyclic) bond motifs is 1. The molecule has 1 fully saturated rings. The third-order valence-corrected chi connectivity index (χ3v) is 3.46. The fraction of sp³-hybridized carbons (Fsp3) is 0.400. The maximum absolute atomic E-state index is 11.7. The highest BCUT2D eigenvalue weighted by Crippen LogP contribution is 2.25. The Morgan fingerprint density at radius 3 is 2.81 bits per heavy atom. The van der Waals surface area contributed by atoms with E-state index in [1.165, 1.54) is 0 Å². The molecule has 1 N–H and O–H groups in total. The molecule has 1 saturated heterocycles. The van der Waals surface area contributed by atoms with E-state index in [0.717, 1.165) is 37.3 Å². The fourth-order valence-corrected chi connectivity index (χ4v) is 2.45. The van der Waals surface area contributed by atoms with Crippen LogP contribution < -0.4 is 10.2 Å². The number of piperazine rings is 1. The van der Waals surface area contributed by atoms with Gasteiger partial charge in [-0.05, 0) is 31.2 Å². The lowest BCUT2D eigenvalue weighted by atomic mass is 10.2. The molecule has 0 unspecified atom stereocenters. The first kappa shape index (κ1) is 15.9. The van der Waals surface area contributed by atoms with Gasteiger partial charge in [-0.25, -0.2) is 4.79 Å². The van der Waals surface area contributed by atoms with Gasteiger partial charge in [-0.15, -0.1) is 17.0 Å². The molecule has 6 heteroatoms. The van der Waals surface area contributed by atoms with Gasteiger partial charge in [0.15, 0.2) is 0 Å². The Hall–Kier alpha value is -1.53. The van der Waals surface area contributed by atoms with Crippen LogP contribution in [0.15, 0.2) is 28.7 Å². The Morgan fingerprint density at radius 1 is 1.33 bits per heavy atom. The molecule has 0 saturated carbocycles. The number of esters is 1. The van der Waals surface area contributed by atoms with Gasteiger partial charge in [0.05, 0.1) is 6.61 Å². The summed E-state index contributed by atoms with van der Waals surface area (Å²) in [4.78, 5) is 14.0. The monoisotopic (exact) mass is 354 g/mol. The number of hydrogen-bond donors (Lipinski definition) is 1. The van der Waals surface area contributed by atoms with E-state index in [0.29, 0.717) is 12.2 Å². The zero-order chi connectivity index (χ0) is 13.9. The molecular formula is C15H19BrN2O3. The maximum Gasteiger partial charge on any atom is 0.374 e. The van der Waals surface area contributed by atoms with Gasteiger partial charge in [0, 0.05) is 37.3 Å². The van der Waals surface area contributed by atoms with E-state index in [1.54, 1.807) is 13.0 Å². The molecule has 1 aliphatic heterocycles. The van der Waals surface area contributed by atoms with Crippen molar-refractivity contribution in [3.05, 3.63) is 30.0 Å². The van der Waals surface area contributed by atoms with Gasteiger partial charge in [0.2, 0.25) is 5.76 Å². The van der Waals surface area contributed by atoms with Crippen LogP contribution in [0.2, 0.25) is 0 Å². The molecule has 0 spiro atoms. The third kappa shape index (κ3) is 3.39. The van der Waals surface area contributed by atoms with E-state index in [1.807, 2.05) is 12.1 Å². The molecule has 0 bridgehead atoms. The van der Waals surface area contributed by atoms with E-state index >= 15 is 0 Å². The molecular weight excluding hydrogens is 336 g/mol. The summed E-state index contributed by atoms with van der Waals surface area (Å²) in [6.07, 6.45) is 0. The first-order valence-electron chi connectivity index (χ1n) is 6.94. The van der Waals surface area contributed by atoms with Gasteiger partial charge >= 0.3 is 5.97 Å². The molecule has 0 radical (unpaired) electrons. The molecule has 2 heterocycles. The van der Waals surface area contributed by atoms with Crippen LogP contribution in [0.1, 0.15) is 17.5 Å². The summed E-state index contributed by atoms with van der Waals surface area (Å²) in [5, 5.41) is 4.27. The lowest BCUT2D eigenvalue weighted by Crippen LogP contribution is -2.43. The Morgan fingerprint density at radius 2 is 2.10 bits per heavy atom. The van der Waals surface area contributed by atoms with Gasteiger partial charge in [-0.3, -0.25) is 0 Å². The van der Waals surface area contributed by atoms with Crippen LogP contribution in [0.3, 0.4) is 0 Å². The first-order valence-corrected chi connectivity index (χ1v) is 6.94. The number of nitrogens with zero attached hydrogens (tertiary/aromatic N) is 1. The van der Waals surface area contributed by atoms with Crippen molar-refractivity contribution < 1.29 is 13.9 Å². The van der Waals surface area contributed by atoms with E-state index < -0.39 is 5.97 Å². The number of halogens is 1. The number of rotatable bonds is 3. The highest BCUT2D eigenvalue weighted by Gasteiger charge is 2.15. The van der Waals surface area contributed by atoms with Crippen molar-refractivity contribution >= 4 is 39.6 Å². The second-order valence-corrected chi connectivity index (χ2v) is 4.79. The van der Waals surface area contributed by atoms with Crippen molar-refractivity contribution in [1.29, 1.82) is 0 Å². The van der Waals surface area contributed by atoms with Crippen LogP contribution in [-0.4, -0.2) is 38.8 Å². The average Bonchev–Trinajstić information content (AvgIpc) is 2.91. The van der Waals surface area contributed by atoms with Crippen molar-refractivity contribution in [2.45, 2.75) is 6.92 Å². The summed E-state index contributed by atoms with van der Waals surface area (Å²) in [7, 11) is 0. The van der Waals surface area contributed by atoms with Crippen molar-refractivity contribution in [1.82, 2.24) is 5.32 Å². The van der Waals surface area contributed by atoms with Gasteiger partial charge in [-0.1, -0.05) is 0 Å². The second-order valence-electron chi connectivity index (χ2n) is 4.79. The van der Waals surface area contributed by atoms with Crippen molar-refractivity contribution in [2.24, 2.45) is 0 Å². The van der Waals surface area contributed by atoms with Crippen LogP contribution in [0.4, 0.5) is 5.69 Å². The normalized spacial score (nSPS) is 14.8. The molecule has 21 heavy (non-hydrogen) atoms. The van der Waals surface area contributed by atoms with Gasteiger partial charge in [0.1, 0.15) is 5.58 Å². The number of benzene rings is 1. The number of ether oxygens (including phenoxy) is 1. The van der Waals surface area contributed by atoms with E-state index in [2.05, 4.69) is 16.3 Å². The number of carbonyl (C=O) groups excluding carboxylic acids is 1. The SMILES string of the molecule is Br.CCOC(=O)c1cc2cc(N3CCNCC3)ccc2o1. The highest BCUT2D eigenvalue weighted by atomic mass is 79.9.